The largest absolute Gasteiger partial charge is 0.497 e. The Bertz CT molecular complexity index is 1160. The van der Waals surface area contributed by atoms with Gasteiger partial charge >= 0.3 is 0 Å². The first-order chi connectivity index (χ1) is 15.5. The van der Waals surface area contributed by atoms with Crippen molar-refractivity contribution >= 4 is 17.4 Å². The van der Waals surface area contributed by atoms with Crippen molar-refractivity contribution in [2.75, 3.05) is 7.11 Å². The van der Waals surface area contributed by atoms with Crippen LogP contribution < -0.4 is 14.8 Å². The number of rotatable bonds is 6. The summed E-state index contributed by atoms with van der Waals surface area (Å²) >= 11 is 6.13. The van der Waals surface area contributed by atoms with Crippen LogP contribution in [0, 0.1) is 12.3 Å². The highest BCUT2D eigenvalue weighted by Gasteiger charge is 2.33. The Morgan fingerprint density at radius 2 is 1.69 bits per heavy atom. The monoisotopic (exact) mass is 444 g/mol. The molecule has 0 fully saturated rings. The van der Waals surface area contributed by atoms with Crippen molar-refractivity contribution in [3.8, 4) is 23.8 Å². The maximum absolute atomic E-state index is 6.13. The van der Waals surface area contributed by atoms with Gasteiger partial charge in [0.2, 0.25) is 0 Å². The molecule has 0 radical (unpaired) electrons. The second kappa shape index (κ2) is 9.38. The number of ether oxygens (including phenoxy) is 2. The molecule has 2 atom stereocenters. The van der Waals surface area contributed by atoms with Crippen LogP contribution in [-0.4, -0.2) is 19.0 Å². The highest BCUT2D eigenvalue weighted by molar-refractivity contribution is 6.30. The smallest absolute Gasteiger partial charge is 0.134 e. The van der Waals surface area contributed by atoms with Crippen molar-refractivity contribution in [3.63, 3.8) is 0 Å². The van der Waals surface area contributed by atoms with Gasteiger partial charge in [0.15, 0.2) is 0 Å². The number of nitrogens with zero attached hydrogens (tertiary/aromatic N) is 1. The number of methoxy groups -OCH3 is 1. The summed E-state index contributed by atoms with van der Waals surface area (Å²) in [4.78, 5) is 5.08. The van der Waals surface area contributed by atoms with E-state index in [1.807, 2.05) is 80.6 Å². The first kappa shape index (κ1) is 21.8. The number of aliphatic imine (C=N–C) groups is 1. The van der Waals surface area contributed by atoms with Crippen molar-refractivity contribution < 1.29 is 9.47 Å². The van der Waals surface area contributed by atoms with E-state index in [9.17, 15) is 0 Å². The highest BCUT2D eigenvalue weighted by atomic mass is 35.5. The van der Waals surface area contributed by atoms with E-state index in [2.05, 4.69) is 11.2 Å². The van der Waals surface area contributed by atoms with E-state index in [1.54, 1.807) is 7.11 Å². The van der Waals surface area contributed by atoms with E-state index in [0.717, 1.165) is 39.6 Å². The molecule has 0 spiro atoms. The van der Waals surface area contributed by atoms with Crippen LogP contribution >= 0.6 is 11.6 Å². The third kappa shape index (κ3) is 4.59. The molecule has 5 heteroatoms. The Morgan fingerprint density at radius 1 is 1.00 bits per heavy atom. The molecule has 32 heavy (non-hydrogen) atoms. The molecule has 1 heterocycles. The third-order valence-electron chi connectivity index (χ3n) is 5.33. The van der Waals surface area contributed by atoms with E-state index in [4.69, 9.17) is 32.5 Å². The molecule has 0 unspecified atom stereocenters. The molecule has 3 aromatic rings. The zero-order valence-electron chi connectivity index (χ0n) is 18.3. The number of hydrogen-bond acceptors (Lipinski definition) is 4. The molecule has 0 amide bonds. The fraction of sp³-hybridized carbons (Fsp3) is 0.222. The standard InChI is InChI=1S/C27H25ClN2O2/c1-5-18-6-8-19(9-7-18)25-26(20-10-12-21(28)13-11-20)30-27(29-25)23-15-14-22(31-4)16-24(23)32-17(2)3/h1,6-17,25-26H,2-4H3,(H,29,30)/t25-,26+/m0/s1. The number of terminal acetylenes is 1. The summed E-state index contributed by atoms with van der Waals surface area (Å²) in [5.74, 6) is 4.91. The maximum Gasteiger partial charge on any atom is 0.134 e. The summed E-state index contributed by atoms with van der Waals surface area (Å²) < 4.78 is 11.5. The minimum atomic E-state index is -0.132. The summed E-state index contributed by atoms with van der Waals surface area (Å²) in [6.07, 6.45) is 5.55. The molecule has 1 aliphatic heterocycles. The molecule has 0 aromatic heterocycles. The molecule has 3 aromatic carbocycles. The fourth-order valence-electron chi connectivity index (χ4n) is 3.78. The number of benzene rings is 3. The van der Waals surface area contributed by atoms with Gasteiger partial charge in [0.05, 0.1) is 24.8 Å². The molecule has 162 valence electrons. The van der Waals surface area contributed by atoms with Gasteiger partial charge in [-0.1, -0.05) is 41.8 Å². The molecule has 4 rings (SSSR count). The quantitative estimate of drug-likeness (QED) is 0.478. The second-order valence-electron chi connectivity index (χ2n) is 7.89. The molecule has 1 N–H and O–H groups in total. The van der Waals surface area contributed by atoms with Crippen molar-refractivity contribution in [3.05, 3.63) is 94.0 Å². The average Bonchev–Trinajstić information content (AvgIpc) is 3.24. The maximum atomic E-state index is 6.13. The average molecular weight is 445 g/mol. The normalized spacial score (nSPS) is 17.4. The van der Waals surface area contributed by atoms with Crippen molar-refractivity contribution in [2.45, 2.75) is 32.0 Å². The minimum absolute atomic E-state index is 0.0158. The lowest BCUT2D eigenvalue weighted by Gasteiger charge is -2.20. The van der Waals surface area contributed by atoms with Gasteiger partial charge < -0.3 is 14.8 Å². The van der Waals surface area contributed by atoms with Gasteiger partial charge in [0, 0.05) is 16.7 Å². The van der Waals surface area contributed by atoms with E-state index < -0.39 is 0 Å². The van der Waals surface area contributed by atoms with Crippen LogP contribution in [0.2, 0.25) is 5.02 Å². The van der Waals surface area contributed by atoms with Gasteiger partial charge in [-0.25, -0.2) is 0 Å². The first-order valence-corrected chi connectivity index (χ1v) is 10.9. The molecule has 4 nitrogen and oxygen atoms in total. The van der Waals surface area contributed by atoms with Crippen molar-refractivity contribution in [1.29, 1.82) is 0 Å². The van der Waals surface area contributed by atoms with Crippen LogP contribution in [0.1, 0.15) is 48.2 Å². The molecular formula is C27H25ClN2O2. The molecule has 1 aliphatic rings. The minimum Gasteiger partial charge on any atom is -0.497 e. The van der Waals surface area contributed by atoms with Gasteiger partial charge in [0.1, 0.15) is 23.4 Å². The number of amidine groups is 1. The van der Waals surface area contributed by atoms with Gasteiger partial charge in [0.25, 0.3) is 0 Å². The molecule has 0 saturated carbocycles. The molecule has 0 saturated heterocycles. The van der Waals surface area contributed by atoms with Gasteiger partial charge in [-0.3, -0.25) is 4.99 Å². The Hall–Kier alpha value is -3.42. The second-order valence-corrected chi connectivity index (χ2v) is 8.33. The SMILES string of the molecule is C#Cc1ccc([C@@H]2NC(c3ccc(OC)cc3OC(C)C)=N[C@@H]2c2ccc(Cl)cc2)cc1. The Kier molecular flexibility index (Phi) is 6.39. The zero-order valence-corrected chi connectivity index (χ0v) is 19.1. The van der Waals surface area contributed by atoms with Crippen LogP contribution in [0.15, 0.2) is 71.7 Å². The van der Waals surface area contributed by atoms with Crippen molar-refractivity contribution in [1.82, 2.24) is 5.32 Å². The third-order valence-corrected chi connectivity index (χ3v) is 5.58. The molecule has 0 aliphatic carbocycles. The lowest BCUT2D eigenvalue weighted by Crippen LogP contribution is -2.26. The fourth-order valence-corrected chi connectivity index (χ4v) is 3.91. The van der Waals surface area contributed by atoms with E-state index in [1.165, 1.54) is 0 Å². The summed E-state index contributed by atoms with van der Waals surface area (Å²) in [5, 5.41) is 4.32. The Labute approximate surface area is 194 Å². The topological polar surface area (TPSA) is 42.8 Å². The summed E-state index contributed by atoms with van der Waals surface area (Å²) in [6.45, 7) is 4.00. The van der Waals surface area contributed by atoms with E-state index in [-0.39, 0.29) is 18.2 Å². The van der Waals surface area contributed by atoms with Crippen LogP contribution in [0.5, 0.6) is 11.5 Å². The zero-order chi connectivity index (χ0) is 22.7. The predicted octanol–water partition coefficient (Wildman–Crippen LogP) is 5.95. The Balaban J connectivity index is 1.77. The summed E-state index contributed by atoms with van der Waals surface area (Å²) in [5.41, 5.74) is 3.91. The van der Waals surface area contributed by atoms with Crippen LogP contribution in [0.25, 0.3) is 0 Å². The summed E-state index contributed by atoms with van der Waals surface area (Å²) in [7, 11) is 1.64. The van der Waals surface area contributed by atoms with Crippen LogP contribution in [0.3, 0.4) is 0 Å². The van der Waals surface area contributed by atoms with Gasteiger partial charge in [-0.2, -0.15) is 0 Å². The molecular weight excluding hydrogens is 420 g/mol. The van der Waals surface area contributed by atoms with Gasteiger partial charge in [-0.15, -0.1) is 6.42 Å². The van der Waals surface area contributed by atoms with Crippen LogP contribution in [-0.2, 0) is 0 Å². The summed E-state index contributed by atoms with van der Waals surface area (Å²) in [6, 6.07) is 21.4. The first-order valence-electron chi connectivity index (χ1n) is 10.5. The predicted molar refractivity (Wildman–Crippen MR) is 130 cm³/mol. The number of halogens is 1. The van der Waals surface area contributed by atoms with E-state index in [0.29, 0.717) is 5.02 Å². The van der Waals surface area contributed by atoms with E-state index >= 15 is 0 Å². The Morgan fingerprint density at radius 3 is 2.31 bits per heavy atom. The highest BCUT2D eigenvalue weighted by Crippen LogP contribution is 2.39. The number of nitrogens with one attached hydrogen (secondary N) is 1. The van der Waals surface area contributed by atoms with Crippen molar-refractivity contribution in [2.24, 2.45) is 4.99 Å². The molecule has 0 bridgehead atoms. The lowest BCUT2D eigenvalue weighted by atomic mass is 9.94. The number of hydrogen-bond donors (Lipinski definition) is 1. The van der Waals surface area contributed by atoms with Crippen LogP contribution in [0.4, 0.5) is 0 Å². The van der Waals surface area contributed by atoms with Gasteiger partial charge in [-0.05, 0) is 61.4 Å². The lowest BCUT2D eigenvalue weighted by molar-refractivity contribution is 0.240.